The van der Waals surface area contributed by atoms with Gasteiger partial charge < -0.3 is 15.0 Å². The number of nitrogens with one attached hydrogen (secondary N) is 1. The number of carbonyl (C=O) groups excluding carboxylic acids is 2. The van der Waals surface area contributed by atoms with E-state index in [2.05, 4.69) is 26.2 Å². The van der Waals surface area contributed by atoms with Gasteiger partial charge in [-0.1, -0.05) is 35.8 Å². The Hall–Kier alpha value is -2.41. The molecular weight excluding hydrogens is 398 g/mol. The summed E-state index contributed by atoms with van der Waals surface area (Å²) < 4.78 is 6.59. The topological polar surface area (TPSA) is 71.5 Å². The molecule has 1 atom stereocenters. The summed E-state index contributed by atoms with van der Waals surface area (Å²) >= 11 is 3.39. The first-order valence-electron chi connectivity index (χ1n) is 8.44. The van der Waals surface area contributed by atoms with Crippen LogP contribution in [0.4, 0.5) is 0 Å². The van der Waals surface area contributed by atoms with E-state index in [9.17, 15) is 9.59 Å². The van der Waals surface area contributed by atoms with Crippen LogP contribution in [0.25, 0.3) is 0 Å². The summed E-state index contributed by atoms with van der Waals surface area (Å²) in [4.78, 5) is 30.8. The second-order valence-corrected chi connectivity index (χ2v) is 7.34. The first-order chi connectivity index (χ1) is 12.5. The molecule has 1 aromatic heterocycles. The van der Waals surface area contributed by atoms with Crippen LogP contribution in [0.3, 0.4) is 0 Å². The third kappa shape index (κ3) is 4.04. The number of ether oxygens (including phenoxy) is 1. The zero-order chi connectivity index (χ0) is 18.7. The van der Waals surface area contributed by atoms with Gasteiger partial charge in [0.1, 0.15) is 11.8 Å². The molecule has 2 amide bonds. The molecule has 1 aliphatic rings. The molecule has 26 heavy (non-hydrogen) atoms. The number of nitrogens with zero attached hydrogens (tertiary/aromatic N) is 2. The van der Waals surface area contributed by atoms with Crippen LogP contribution >= 0.6 is 15.9 Å². The quantitative estimate of drug-likeness (QED) is 0.828. The number of benzene rings is 1. The molecule has 0 radical (unpaired) electrons. The highest BCUT2D eigenvalue weighted by Gasteiger charge is 2.35. The minimum Gasteiger partial charge on any atom is -0.439 e. The fourth-order valence-corrected chi connectivity index (χ4v) is 3.34. The summed E-state index contributed by atoms with van der Waals surface area (Å²) in [6, 6.07) is 10.3. The minimum atomic E-state index is -0.464. The molecule has 1 aliphatic heterocycles. The van der Waals surface area contributed by atoms with Gasteiger partial charge in [0.2, 0.25) is 11.8 Å². The number of halogens is 1. The summed E-state index contributed by atoms with van der Waals surface area (Å²) in [5.74, 6) is 0.781. The standard InChI is InChI=1S/C19H20BrN3O3/c1-12(2)17-18(24)21-8-9-23(17)19(25)13-6-7-16(22-11-13)26-15-5-3-4-14(20)10-15/h3-7,10-12,17H,8-9H2,1-2H3,(H,21,24). The van der Waals surface area contributed by atoms with Gasteiger partial charge in [-0.2, -0.15) is 0 Å². The third-order valence-corrected chi connectivity index (χ3v) is 4.64. The van der Waals surface area contributed by atoms with Crippen LogP contribution in [0, 0.1) is 5.92 Å². The Morgan fingerprint density at radius 1 is 1.35 bits per heavy atom. The molecule has 136 valence electrons. The molecule has 1 N–H and O–H groups in total. The zero-order valence-electron chi connectivity index (χ0n) is 14.6. The molecule has 7 heteroatoms. The van der Waals surface area contributed by atoms with E-state index in [-0.39, 0.29) is 17.7 Å². The van der Waals surface area contributed by atoms with Gasteiger partial charge in [0, 0.05) is 29.8 Å². The molecule has 2 aromatic rings. The first-order valence-corrected chi connectivity index (χ1v) is 9.23. The normalized spacial score (nSPS) is 17.2. The van der Waals surface area contributed by atoms with E-state index in [0.717, 1.165) is 4.47 Å². The maximum atomic E-state index is 12.8. The average molecular weight is 418 g/mol. The number of pyridine rings is 1. The van der Waals surface area contributed by atoms with Gasteiger partial charge >= 0.3 is 0 Å². The Balaban J connectivity index is 1.75. The Morgan fingerprint density at radius 3 is 2.81 bits per heavy atom. The van der Waals surface area contributed by atoms with Crippen molar-refractivity contribution in [1.82, 2.24) is 15.2 Å². The Bertz CT molecular complexity index is 808. The molecule has 6 nitrogen and oxygen atoms in total. The minimum absolute atomic E-state index is 0.0337. The van der Waals surface area contributed by atoms with E-state index in [1.807, 2.05) is 38.1 Å². The molecule has 3 rings (SSSR count). The lowest BCUT2D eigenvalue weighted by atomic mass is 9.99. The number of rotatable bonds is 4. The fraction of sp³-hybridized carbons (Fsp3) is 0.316. The maximum Gasteiger partial charge on any atom is 0.256 e. The lowest BCUT2D eigenvalue weighted by Gasteiger charge is -2.37. The smallest absolute Gasteiger partial charge is 0.256 e. The van der Waals surface area contributed by atoms with Crippen molar-refractivity contribution in [2.45, 2.75) is 19.9 Å². The van der Waals surface area contributed by atoms with Crippen molar-refractivity contribution in [1.29, 1.82) is 0 Å². The van der Waals surface area contributed by atoms with E-state index in [1.54, 1.807) is 17.0 Å². The number of piperazine rings is 1. The van der Waals surface area contributed by atoms with Crippen LogP contribution in [0.1, 0.15) is 24.2 Å². The van der Waals surface area contributed by atoms with Crippen LogP contribution in [0.2, 0.25) is 0 Å². The molecule has 0 bridgehead atoms. The van der Waals surface area contributed by atoms with Crippen molar-refractivity contribution in [3.8, 4) is 11.6 Å². The van der Waals surface area contributed by atoms with E-state index in [4.69, 9.17) is 4.74 Å². The van der Waals surface area contributed by atoms with Gasteiger partial charge in [0.05, 0.1) is 5.56 Å². The van der Waals surface area contributed by atoms with Crippen molar-refractivity contribution >= 4 is 27.7 Å². The van der Waals surface area contributed by atoms with Crippen molar-refractivity contribution < 1.29 is 14.3 Å². The Morgan fingerprint density at radius 2 is 2.15 bits per heavy atom. The number of hydrogen-bond donors (Lipinski definition) is 1. The van der Waals surface area contributed by atoms with Crippen molar-refractivity contribution in [3.63, 3.8) is 0 Å². The van der Waals surface area contributed by atoms with Gasteiger partial charge in [-0.3, -0.25) is 9.59 Å². The third-order valence-electron chi connectivity index (χ3n) is 4.15. The number of carbonyl (C=O) groups is 2. The summed E-state index contributed by atoms with van der Waals surface area (Å²) in [5, 5.41) is 2.82. The highest BCUT2D eigenvalue weighted by molar-refractivity contribution is 9.10. The van der Waals surface area contributed by atoms with Crippen LogP contribution in [-0.2, 0) is 4.79 Å². The molecule has 1 saturated heterocycles. The van der Waals surface area contributed by atoms with Crippen LogP contribution < -0.4 is 10.1 Å². The summed E-state index contributed by atoms with van der Waals surface area (Å²) in [6.07, 6.45) is 1.49. The van der Waals surface area contributed by atoms with Crippen LogP contribution in [0.15, 0.2) is 47.1 Å². The van der Waals surface area contributed by atoms with E-state index >= 15 is 0 Å². The molecular formula is C19H20BrN3O3. The molecule has 1 aromatic carbocycles. The molecule has 0 spiro atoms. The van der Waals surface area contributed by atoms with Crippen molar-refractivity contribution in [2.75, 3.05) is 13.1 Å². The number of amides is 2. The van der Waals surface area contributed by atoms with Gasteiger partial charge in [-0.15, -0.1) is 0 Å². The Kier molecular flexibility index (Phi) is 5.56. The predicted molar refractivity (Wildman–Crippen MR) is 101 cm³/mol. The highest BCUT2D eigenvalue weighted by atomic mass is 79.9. The zero-order valence-corrected chi connectivity index (χ0v) is 16.2. The van der Waals surface area contributed by atoms with E-state index < -0.39 is 6.04 Å². The lowest BCUT2D eigenvalue weighted by Crippen LogP contribution is -2.59. The first kappa shape index (κ1) is 18.4. The van der Waals surface area contributed by atoms with Gasteiger partial charge in [0.25, 0.3) is 5.91 Å². The summed E-state index contributed by atoms with van der Waals surface area (Å²) in [7, 11) is 0. The summed E-state index contributed by atoms with van der Waals surface area (Å²) in [5.41, 5.74) is 0.437. The summed E-state index contributed by atoms with van der Waals surface area (Å²) in [6.45, 7) is 4.82. The molecule has 1 unspecified atom stereocenters. The van der Waals surface area contributed by atoms with Crippen molar-refractivity contribution in [3.05, 3.63) is 52.6 Å². The second kappa shape index (κ2) is 7.86. The molecule has 0 aliphatic carbocycles. The van der Waals surface area contributed by atoms with Crippen molar-refractivity contribution in [2.24, 2.45) is 5.92 Å². The maximum absolute atomic E-state index is 12.8. The number of hydrogen-bond acceptors (Lipinski definition) is 4. The predicted octanol–water partition coefficient (Wildman–Crippen LogP) is 3.23. The average Bonchev–Trinajstić information content (AvgIpc) is 2.61. The van der Waals surface area contributed by atoms with E-state index in [1.165, 1.54) is 6.20 Å². The molecule has 2 heterocycles. The van der Waals surface area contributed by atoms with Gasteiger partial charge in [-0.25, -0.2) is 4.98 Å². The molecule has 1 fully saturated rings. The van der Waals surface area contributed by atoms with E-state index in [0.29, 0.717) is 30.3 Å². The second-order valence-electron chi connectivity index (χ2n) is 6.42. The highest BCUT2D eigenvalue weighted by Crippen LogP contribution is 2.24. The van der Waals surface area contributed by atoms with Gasteiger partial charge in [0.15, 0.2) is 0 Å². The van der Waals surface area contributed by atoms with Crippen LogP contribution in [-0.4, -0.2) is 40.8 Å². The van der Waals surface area contributed by atoms with Crippen LogP contribution in [0.5, 0.6) is 11.6 Å². The lowest BCUT2D eigenvalue weighted by molar-refractivity contribution is -0.129. The largest absolute Gasteiger partial charge is 0.439 e. The fourth-order valence-electron chi connectivity index (χ4n) is 2.96. The Labute approximate surface area is 160 Å². The van der Waals surface area contributed by atoms with Gasteiger partial charge in [-0.05, 0) is 30.2 Å². The monoisotopic (exact) mass is 417 g/mol. The molecule has 0 saturated carbocycles. The number of aromatic nitrogens is 1. The SMILES string of the molecule is CC(C)C1C(=O)NCCN1C(=O)c1ccc(Oc2cccc(Br)c2)nc1.